The number of fused-ring (bicyclic) bond motifs is 1. The van der Waals surface area contributed by atoms with Crippen LogP contribution in [0.3, 0.4) is 0 Å². The van der Waals surface area contributed by atoms with Gasteiger partial charge in [0.25, 0.3) is 6.04 Å². The first-order valence-electron chi connectivity index (χ1n) is 6.42. The van der Waals surface area contributed by atoms with E-state index in [0.29, 0.717) is 30.4 Å². The smallest absolute Gasteiger partial charge is 0.271 e. The molecule has 2 aromatic rings. The molecule has 1 aromatic carbocycles. The van der Waals surface area contributed by atoms with Gasteiger partial charge in [-0.15, -0.1) is 0 Å². The molecular formula is C13H14N4O3. The van der Waals surface area contributed by atoms with E-state index in [-0.39, 0.29) is 4.92 Å². The molecule has 0 fully saturated rings. The van der Waals surface area contributed by atoms with Gasteiger partial charge in [0.15, 0.2) is 5.82 Å². The van der Waals surface area contributed by atoms with Crippen molar-refractivity contribution in [3.63, 3.8) is 0 Å². The third-order valence-electron chi connectivity index (χ3n) is 3.45. The maximum absolute atomic E-state index is 11.1. The van der Waals surface area contributed by atoms with Gasteiger partial charge in [-0.05, 0) is 18.6 Å². The van der Waals surface area contributed by atoms with Crippen LogP contribution in [0, 0.1) is 10.1 Å². The fourth-order valence-corrected chi connectivity index (χ4v) is 2.47. The Labute approximate surface area is 115 Å². The Bertz CT molecular complexity index is 653. The number of benzene rings is 1. The van der Waals surface area contributed by atoms with Crippen molar-refractivity contribution >= 4 is 0 Å². The average molecular weight is 274 g/mol. The zero-order valence-electron chi connectivity index (χ0n) is 11.0. The van der Waals surface area contributed by atoms with E-state index in [1.54, 1.807) is 11.8 Å². The summed E-state index contributed by atoms with van der Waals surface area (Å²) in [7, 11) is 1.58. The molecule has 0 spiro atoms. The van der Waals surface area contributed by atoms with Gasteiger partial charge >= 0.3 is 0 Å². The quantitative estimate of drug-likeness (QED) is 0.632. The Hall–Kier alpha value is -2.44. The Morgan fingerprint density at radius 2 is 2.25 bits per heavy atom. The van der Waals surface area contributed by atoms with Crippen LogP contribution in [0.2, 0.25) is 0 Å². The van der Waals surface area contributed by atoms with Crippen molar-refractivity contribution in [3.8, 4) is 17.1 Å². The van der Waals surface area contributed by atoms with E-state index in [1.165, 1.54) is 0 Å². The van der Waals surface area contributed by atoms with Crippen molar-refractivity contribution in [2.24, 2.45) is 0 Å². The summed E-state index contributed by atoms with van der Waals surface area (Å²) in [5.41, 5.74) is 0.749. The molecular weight excluding hydrogens is 260 g/mol. The summed E-state index contributed by atoms with van der Waals surface area (Å²) >= 11 is 0. The van der Waals surface area contributed by atoms with Gasteiger partial charge < -0.3 is 4.74 Å². The molecule has 20 heavy (non-hydrogen) atoms. The maximum Gasteiger partial charge on any atom is 0.271 e. The molecule has 1 aliphatic rings. The average Bonchev–Trinajstić information content (AvgIpc) is 2.90. The fourth-order valence-electron chi connectivity index (χ4n) is 2.47. The van der Waals surface area contributed by atoms with Gasteiger partial charge in [0, 0.05) is 17.9 Å². The summed E-state index contributed by atoms with van der Waals surface area (Å²) in [5.74, 6) is 1.57. The molecule has 7 nitrogen and oxygen atoms in total. The third kappa shape index (κ3) is 2.01. The van der Waals surface area contributed by atoms with E-state index in [1.807, 2.05) is 24.3 Å². The predicted octanol–water partition coefficient (Wildman–Crippen LogP) is 2.07. The number of nitro groups is 1. The second kappa shape index (κ2) is 4.92. The highest BCUT2D eigenvalue weighted by atomic mass is 16.6. The van der Waals surface area contributed by atoms with Crippen molar-refractivity contribution in [3.05, 3.63) is 40.2 Å². The molecule has 0 saturated carbocycles. The first-order chi connectivity index (χ1) is 9.70. The Balaban J connectivity index is 2.07. The minimum Gasteiger partial charge on any atom is -0.496 e. The lowest BCUT2D eigenvalue weighted by Gasteiger charge is -2.15. The molecule has 1 aromatic heterocycles. The van der Waals surface area contributed by atoms with Gasteiger partial charge in [-0.2, -0.15) is 5.10 Å². The molecule has 0 aliphatic carbocycles. The zero-order chi connectivity index (χ0) is 14.1. The van der Waals surface area contributed by atoms with Crippen molar-refractivity contribution < 1.29 is 9.66 Å². The van der Waals surface area contributed by atoms with Crippen molar-refractivity contribution in [1.82, 2.24) is 14.8 Å². The third-order valence-corrected chi connectivity index (χ3v) is 3.45. The van der Waals surface area contributed by atoms with Crippen LogP contribution in [0.15, 0.2) is 24.3 Å². The van der Waals surface area contributed by atoms with Gasteiger partial charge in [0.1, 0.15) is 5.75 Å². The molecule has 1 aliphatic heterocycles. The molecule has 7 heteroatoms. The first-order valence-corrected chi connectivity index (χ1v) is 6.42. The summed E-state index contributed by atoms with van der Waals surface area (Å²) in [4.78, 5) is 15.2. The monoisotopic (exact) mass is 274 g/mol. The lowest BCUT2D eigenvalue weighted by Crippen LogP contribution is -2.22. The van der Waals surface area contributed by atoms with E-state index in [0.717, 1.165) is 12.0 Å². The summed E-state index contributed by atoms with van der Waals surface area (Å²) < 4.78 is 6.92. The zero-order valence-corrected chi connectivity index (χ0v) is 11.0. The number of nitrogens with zero attached hydrogens (tertiary/aromatic N) is 4. The van der Waals surface area contributed by atoms with Crippen LogP contribution in [-0.2, 0) is 6.54 Å². The number of hydrogen-bond acceptors (Lipinski definition) is 5. The summed E-state index contributed by atoms with van der Waals surface area (Å²) in [6.45, 7) is 0.668. The maximum atomic E-state index is 11.1. The van der Waals surface area contributed by atoms with Gasteiger partial charge in [-0.25, -0.2) is 9.67 Å². The van der Waals surface area contributed by atoms with Crippen LogP contribution in [0.1, 0.15) is 24.7 Å². The molecule has 0 radical (unpaired) electrons. The number of hydrogen-bond donors (Lipinski definition) is 0. The van der Waals surface area contributed by atoms with Crippen molar-refractivity contribution in [2.45, 2.75) is 25.4 Å². The Kier molecular flexibility index (Phi) is 3.09. The van der Waals surface area contributed by atoms with Crippen molar-refractivity contribution in [2.75, 3.05) is 7.11 Å². The molecule has 104 valence electrons. The van der Waals surface area contributed by atoms with Crippen LogP contribution >= 0.6 is 0 Å². The number of rotatable bonds is 3. The largest absolute Gasteiger partial charge is 0.496 e. The van der Waals surface area contributed by atoms with Crippen LogP contribution in [0.4, 0.5) is 0 Å². The van der Waals surface area contributed by atoms with E-state index in [2.05, 4.69) is 10.1 Å². The summed E-state index contributed by atoms with van der Waals surface area (Å²) in [6, 6.07) is 6.63. The Morgan fingerprint density at radius 3 is 3.00 bits per heavy atom. The number of ether oxygens (including phenoxy) is 1. The highest BCUT2D eigenvalue weighted by molar-refractivity contribution is 5.63. The van der Waals surface area contributed by atoms with E-state index >= 15 is 0 Å². The Morgan fingerprint density at radius 1 is 1.45 bits per heavy atom. The lowest BCUT2D eigenvalue weighted by atomic mass is 10.1. The van der Waals surface area contributed by atoms with Gasteiger partial charge in [-0.3, -0.25) is 10.1 Å². The number of aryl methyl sites for hydroxylation is 1. The number of methoxy groups -OCH3 is 1. The van der Waals surface area contributed by atoms with Gasteiger partial charge in [-0.1, -0.05) is 12.1 Å². The summed E-state index contributed by atoms with van der Waals surface area (Å²) in [5, 5.41) is 15.5. The molecule has 0 amide bonds. The minimum atomic E-state index is -0.764. The topological polar surface area (TPSA) is 83.1 Å². The standard InChI is InChI=1S/C13H14N4O3/c1-20-11-7-3-2-5-9(11)12-14-13-10(17(18)19)6-4-8-16(13)15-12/h2-3,5,7,10H,4,6,8H2,1H3. The second-order valence-corrected chi connectivity index (χ2v) is 4.66. The van der Waals surface area contributed by atoms with E-state index in [9.17, 15) is 10.1 Å². The predicted molar refractivity (Wildman–Crippen MR) is 71.0 cm³/mol. The van der Waals surface area contributed by atoms with E-state index in [4.69, 9.17) is 4.74 Å². The highest BCUT2D eigenvalue weighted by Gasteiger charge is 2.33. The van der Waals surface area contributed by atoms with Crippen LogP contribution in [-0.4, -0.2) is 26.8 Å². The molecule has 0 bridgehead atoms. The highest BCUT2D eigenvalue weighted by Crippen LogP contribution is 2.31. The fraction of sp³-hybridized carbons (Fsp3) is 0.385. The molecule has 0 N–H and O–H groups in total. The number of para-hydroxylation sites is 1. The van der Waals surface area contributed by atoms with Gasteiger partial charge in [0.05, 0.1) is 12.7 Å². The molecule has 3 rings (SSSR count). The molecule has 1 atom stereocenters. The van der Waals surface area contributed by atoms with Crippen LogP contribution in [0.5, 0.6) is 5.75 Å². The molecule has 0 saturated heterocycles. The molecule has 2 heterocycles. The van der Waals surface area contributed by atoms with E-state index < -0.39 is 6.04 Å². The summed E-state index contributed by atoms with van der Waals surface area (Å²) in [6.07, 6.45) is 1.25. The second-order valence-electron chi connectivity index (χ2n) is 4.66. The van der Waals surface area contributed by atoms with Gasteiger partial charge in [0.2, 0.25) is 5.82 Å². The first kappa shape index (κ1) is 12.6. The molecule has 1 unspecified atom stereocenters. The van der Waals surface area contributed by atoms with Crippen molar-refractivity contribution in [1.29, 1.82) is 0 Å². The van der Waals surface area contributed by atoms with Crippen LogP contribution < -0.4 is 4.74 Å². The SMILES string of the molecule is COc1ccccc1-c1nc2n(n1)CCCC2[N+](=O)[O-]. The normalized spacial score (nSPS) is 17.6. The van der Waals surface area contributed by atoms with Crippen LogP contribution in [0.25, 0.3) is 11.4 Å². The minimum absolute atomic E-state index is 0.286. The lowest BCUT2D eigenvalue weighted by molar-refractivity contribution is -0.533. The number of aromatic nitrogens is 3.